The van der Waals surface area contributed by atoms with E-state index in [1.807, 2.05) is 18.2 Å². The molecular formula is C9H8ClNO4S3. The number of hydrogen-bond donors (Lipinski definition) is 0. The Morgan fingerprint density at radius 1 is 1.17 bits per heavy atom. The Balaban J connectivity index is 0.000000280. The van der Waals surface area contributed by atoms with Gasteiger partial charge in [0.1, 0.15) is 0 Å². The van der Waals surface area contributed by atoms with Crippen LogP contribution in [0.1, 0.15) is 0 Å². The quantitative estimate of drug-likeness (QED) is 0.403. The van der Waals surface area contributed by atoms with Gasteiger partial charge in [-0.15, -0.1) is 10.2 Å². The molecule has 1 aromatic carbocycles. The highest BCUT2D eigenvalue weighted by Crippen LogP contribution is 2.31. The van der Waals surface area contributed by atoms with Crippen LogP contribution in [0.2, 0.25) is 0 Å². The van der Waals surface area contributed by atoms with Crippen molar-refractivity contribution in [3.8, 4) is 10.6 Å². The summed E-state index contributed by atoms with van der Waals surface area (Å²) in [6.45, 7) is 0. The molecule has 2 rings (SSSR count). The van der Waals surface area contributed by atoms with E-state index in [2.05, 4.69) is 23.4 Å². The van der Waals surface area contributed by atoms with Crippen molar-refractivity contribution in [2.24, 2.45) is 0 Å². The summed E-state index contributed by atoms with van der Waals surface area (Å²) in [4.78, 5) is 4.50. The fraction of sp³-hybridized carbons (Fsp3) is 0.111. The van der Waals surface area contributed by atoms with E-state index in [9.17, 15) is 0 Å². The molecule has 0 aliphatic carbocycles. The molecule has 0 spiro atoms. The molecule has 0 aliphatic heterocycles. The maximum atomic E-state index is 8.49. The number of aromatic nitrogens is 1. The lowest BCUT2D eigenvalue weighted by Crippen LogP contribution is -2.68. The first kappa shape index (κ1) is 15.7. The SMILES string of the molecule is CSc1nc(-c2ccccc2)s[s+]1.[O-][Cl+3]([O-])([O-])[O-]. The van der Waals surface area contributed by atoms with Gasteiger partial charge in [0.05, 0.1) is 0 Å². The topological polar surface area (TPSA) is 105 Å². The lowest BCUT2D eigenvalue weighted by atomic mass is 10.2. The zero-order valence-electron chi connectivity index (χ0n) is 9.07. The van der Waals surface area contributed by atoms with Crippen LogP contribution in [0, 0.1) is 10.2 Å². The van der Waals surface area contributed by atoms with Gasteiger partial charge in [-0.05, 0) is 18.0 Å². The Labute approximate surface area is 118 Å². The molecule has 0 aliphatic rings. The number of nitrogens with zero attached hydrogens (tertiary/aromatic N) is 1. The van der Waals surface area contributed by atoms with Crippen molar-refractivity contribution in [3.63, 3.8) is 0 Å². The van der Waals surface area contributed by atoms with E-state index < -0.39 is 10.2 Å². The molecule has 0 amide bonds. The first-order chi connectivity index (χ1) is 8.40. The number of halogens is 1. The summed E-state index contributed by atoms with van der Waals surface area (Å²) < 4.78 is 35.1. The summed E-state index contributed by atoms with van der Waals surface area (Å²) in [5, 5.41) is 1.12. The van der Waals surface area contributed by atoms with E-state index >= 15 is 0 Å². The minimum atomic E-state index is -4.94. The molecule has 2 aromatic rings. The van der Waals surface area contributed by atoms with Crippen molar-refractivity contribution in [2.75, 3.05) is 6.26 Å². The van der Waals surface area contributed by atoms with Gasteiger partial charge in [0.15, 0.2) is 15.3 Å². The maximum absolute atomic E-state index is 8.49. The van der Waals surface area contributed by atoms with E-state index in [1.54, 1.807) is 32.4 Å². The van der Waals surface area contributed by atoms with Crippen LogP contribution in [0.4, 0.5) is 0 Å². The highest BCUT2D eigenvalue weighted by molar-refractivity contribution is 8.02. The van der Waals surface area contributed by atoms with Gasteiger partial charge in [-0.2, -0.15) is 4.98 Å². The van der Waals surface area contributed by atoms with Crippen LogP contribution in [-0.2, 0) is 0 Å². The van der Waals surface area contributed by atoms with E-state index in [1.165, 1.54) is 5.56 Å². The molecule has 0 atom stereocenters. The number of benzene rings is 1. The van der Waals surface area contributed by atoms with Crippen LogP contribution in [0.5, 0.6) is 0 Å². The third-order valence-corrected chi connectivity index (χ3v) is 5.09. The third kappa shape index (κ3) is 6.57. The Kier molecular flexibility index (Phi) is 6.39. The lowest BCUT2D eigenvalue weighted by molar-refractivity contribution is -2.00. The third-order valence-electron chi connectivity index (χ3n) is 1.58. The molecule has 1 heterocycles. The fourth-order valence-corrected chi connectivity index (χ4v) is 4.06. The summed E-state index contributed by atoms with van der Waals surface area (Å²) >= 11 is 1.70. The van der Waals surface area contributed by atoms with Gasteiger partial charge in [-0.25, -0.2) is 18.6 Å². The first-order valence-corrected chi connectivity index (χ1v) is 9.02. The van der Waals surface area contributed by atoms with E-state index in [4.69, 9.17) is 18.6 Å². The lowest BCUT2D eigenvalue weighted by Gasteiger charge is -2.17. The molecule has 0 saturated heterocycles. The Morgan fingerprint density at radius 3 is 2.17 bits per heavy atom. The van der Waals surface area contributed by atoms with E-state index in [-0.39, 0.29) is 0 Å². The van der Waals surface area contributed by atoms with Crippen molar-refractivity contribution < 1.29 is 28.9 Å². The number of thioether (sulfide) groups is 1. The normalized spacial score (nSPS) is 10.7. The summed E-state index contributed by atoms with van der Waals surface area (Å²) in [5.41, 5.74) is 1.21. The summed E-state index contributed by atoms with van der Waals surface area (Å²) in [5.74, 6) is 0. The van der Waals surface area contributed by atoms with Crippen LogP contribution in [0.15, 0.2) is 34.7 Å². The molecule has 0 saturated carbocycles. The molecule has 0 N–H and O–H groups in total. The van der Waals surface area contributed by atoms with Crippen LogP contribution < -0.4 is 18.6 Å². The standard InChI is InChI=1S/C9H8NS3.ClHO4/c1-11-9-10-8(12-13-9)7-5-3-2-4-6-7;2-1(3,4)5/h2-6H,1H3;(H,2,3,4,5)/q+1;/p-1. The van der Waals surface area contributed by atoms with Gasteiger partial charge >= 0.3 is 14.7 Å². The zero-order chi connectivity index (χ0) is 13.6. The van der Waals surface area contributed by atoms with Crippen LogP contribution in [0.25, 0.3) is 10.6 Å². The Bertz CT molecular complexity index is 468. The molecule has 0 unspecified atom stereocenters. The van der Waals surface area contributed by atoms with Crippen molar-refractivity contribution >= 4 is 32.4 Å². The second-order valence-electron chi connectivity index (χ2n) is 2.80. The van der Waals surface area contributed by atoms with Gasteiger partial charge in [-0.3, -0.25) is 0 Å². The van der Waals surface area contributed by atoms with Gasteiger partial charge in [0.25, 0.3) is 0 Å². The van der Waals surface area contributed by atoms with E-state index in [0.717, 1.165) is 9.35 Å². The van der Waals surface area contributed by atoms with Crippen LogP contribution in [-0.4, -0.2) is 11.2 Å². The molecule has 0 fully saturated rings. The van der Waals surface area contributed by atoms with Crippen molar-refractivity contribution in [3.05, 3.63) is 30.3 Å². The van der Waals surface area contributed by atoms with Gasteiger partial charge in [0.2, 0.25) is 0 Å². The van der Waals surface area contributed by atoms with Crippen molar-refractivity contribution in [2.45, 2.75) is 4.34 Å². The predicted octanol–water partition coefficient (Wildman–Crippen LogP) is -0.881. The molecule has 18 heavy (non-hydrogen) atoms. The van der Waals surface area contributed by atoms with Gasteiger partial charge < -0.3 is 0 Å². The molecule has 0 radical (unpaired) electrons. The van der Waals surface area contributed by atoms with E-state index in [0.29, 0.717) is 0 Å². The van der Waals surface area contributed by atoms with Crippen LogP contribution in [0.3, 0.4) is 0 Å². The monoisotopic (exact) mass is 325 g/mol. The highest BCUT2D eigenvalue weighted by atomic mass is 35.7. The molecule has 9 heteroatoms. The predicted molar refractivity (Wildman–Crippen MR) is 61.6 cm³/mol. The average molecular weight is 326 g/mol. The second kappa shape index (κ2) is 7.31. The smallest absolute Gasteiger partial charge is 0.222 e. The zero-order valence-corrected chi connectivity index (χ0v) is 12.3. The molecular weight excluding hydrogens is 318 g/mol. The Hall–Kier alpha value is -0.320. The van der Waals surface area contributed by atoms with Crippen molar-refractivity contribution in [1.82, 2.24) is 4.98 Å². The second-order valence-corrected chi connectivity index (χ2v) is 6.71. The maximum Gasteiger partial charge on any atom is 0.376 e. The fourth-order valence-electron chi connectivity index (χ4n) is 0.968. The summed E-state index contributed by atoms with van der Waals surface area (Å²) in [6.07, 6.45) is 2.06. The van der Waals surface area contributed by atoms with Gasteiger partial charge in [-0.1, -0.05) is 30.3 Å². The van der Waals surface area contributed by atoms with Gasteiger partial charge in [0, 0.05) is 5.56 Å². The Morgan fingerprint density at radius 2 is 1.72 bits per heavy atom. The average Bonchev–Trinajstić information content (AvgIpc) is 2.76. The number of rotatable bonds is 2. The minimum Gasteiger partial charge on any atom is -0.222 e. The molecule has 98 valence electrons. The molecule has 5 nitrogen and oxygen atoms in total. The summed E-state index contributed by atoms with van der Waals surface area (Å²) in [6, 6.07) is 10.3. The molecule has 1 aromatic heterocycles. The van der Waals surface area contributed by atoms with Crippen LogP contribution >= 0.6 is 32.4 Å². The minimum absolute atomic E-state index is 1.12. The highest BCUT2D eigenvalue weighted by Gasteiger charge is 2.15. The largest absolute Gasteiger partial charge is 0.376 e. The van der Waals surface area contributed by atoms with Crippen molar-refractivity contribution in [1.29, 1.82) is 0 Å². The number of hydrogen-bond acceptors (Lipinski definition) is 7. The first-order valence-electron chi connectivity index (χ1n) is 4.41. The molecule has 0 bridgehead atoms. The summed E-state index contributed by atoms with van der Waals surface area (Å²) in [7, 11) is -1.47.